The molecular formula is C25H27FN2O4. The third-order valence-corrected chi connectivity index (χ3v) is 6.62. The van der Waals surface area contributed by atoms with E-state index in [-0.39, 0.29) is 30.5 Å². The highest BCUT2D eigenvalue weighted by atomic mass is 19.1. The lowest BCUT2D eigenvalue weighted by Crippen LogP contribution is -2.63. The Labute approximate surface area is 186 Å². The Morgan fingerprint density at radius 3 is 2.50 bits per heavy atom. The number of ether oxygens (including phenoxy) is 1. The van der Waals surface area contributed by atoms with Gasteiger partial charge in [0.2, 0.25) is 5.91 Å². The van der Waals surface area contributed by atoms with Gasteiger partial charge in [-0.3, -0.25) is 19.3 Å². The van der Waals surface area contributed by atoms with E-state index in [1.165, 1.54) is 18.1 Å². The molecule has 2 aromatic rings. The Bertz CT molecular complexity index is 1030. The summed E-state index contributed by atoms with van der Waals surface area (Å²) in [5.74, 6) is -2.13. The molecule has 1 heterocycles. The van der Waals surface area contributed by atoms with Crippen molar-refractivity contribution in [2.24, 2.45) is 0 Å². The SMILES string of the molecule is COC(=O)CCNC(=O)C1c2ccccc2C(=O)N(c2ccccc2F)C12CCCCC2. The van der Waals surface area contributed by atoms with Gasteiger partial charge in [-0.05, 0) is 36.6 Å². The third-order valence-electron chi connectivity index (χ3n) is 6.62. The van der Waals surface area contributed by atoms with Gasteiger partial charge in [0.1, 0.15) is 5.82 Å². The molecular weight excluding hydrogens is 411 g/mol. The zero-order valence-electron chi connectivity index (χ0n) is 18.1. The third kappa shape index (κ3) is 3.76. The van der Waals surface area contributed by atoms with Crippen LogP contribution in [0, 0.1) is 5.82 Å². The van der Waals surface area contributed by atoms with E-state index in [9.17, 15) is 18.8 Å². The van der Waals surface area contributed by atoms with Crippen LogP contribution in [0.4, 0.5) is 10.1 Å². The molecule has 1 aliphatic heterocycles. The Hall–Kier alpha value is -3.22. The zero-order valence-corrected chi connectivity index (χ0v) is 18.1. The molecule has 6 nitrogen and oxygen atoms in total. The first-order chi connectivity index (χ1) is 15.5. The predicted molar refractivity (Wildman–Crippen MR) is 118 cm³/mol. The highest BCUT2D eigenvalue weighted by molar-refractivity contribution is 6.12. The molecule has 2 amide bonds. The van der Waals surface area contributed by atoms with Crippen LogP contribution in [0.15, 0.2) is 48.5 Å². The van der Waals surface area contributed by atoms with E-state index in [1.807, 2.05) is 12.1 Å². The highest BCUT2D eigenvalue weighted by Gasteiger charge is 2.55. The Balaban J connectivity index is 1.83. The average molecular weight is 438 g/mol. The van der Waals surface area contributed by atoms with Crippen LogP contribution < -0.4 is 10.2 Å². The number of fused-ring (bicyclic) bond motifs is 1. The molecule has 168 valence electrons. The summed E-state index contributed by atoms with van der Waals surface area (Å²) < 4.78 is 19.6. The Kier molecular flexibility index (Phi) is 6.26. The fraction of sp³-hybridized carbons (Fsp3) is 0.400. The van der Waals surface area contributed by atoms with Gasteiger partial charge >= 0.3 is 5.97 Å². The summed E-state index contributed by atoms with van der Waals surface area (Å²) in [7, 11) is 1.30. The lowest BCUT2D eigenvalue weighted by atomic mass is 9.65. The van der Waals surface area contributed by atoms with Gasteiger partial charge in [0.15, 0.2) is 0 Å². The van der Waals surface area contributed by atoms with Crippen LogP contribution in [0.3, 0.4) is 0 Å². The summed E-state index contributed by atoms with van der Waals surface area (Å²) in [4.78, 5) is 40.3. The Morgan fingerprint density at radius 2 is 1.78 bits per heavy atom. The van der Waals surface area contributed by atoms with E-state index < -0.39 is 23.2 Å². The van der Waals surface area contributed by atoms with Gasteiger partial charge in [-0.15, -0.1) is 0 Å². The maximum Gasteiger partial charge on any atom is 0.307 e. The minimum absolute atomic E-state index is 0.0551. The number of amides is 2. The second-order valence-electron chi connectivity index (χ2n) is 8.39. The number of carbonyl (C=O) groups excluding carboxylic acids is 3. The molecule has 2 aliphatic rings. The van der Waals surface area contributed by atoms with Crippen molar-refractivity contribution in [3.8, 4) is 0 Å². The van der Waals surface area contributed by atoms with Gasteiger partial charge in [0.25, 0.3) is 5.91 Å². The number of hydrogen-bond acceptors (Lipinski definition) is 4. The maximum absolute atomic E-state index is 15.0. The normalized spacial score (nSPS) is 19.4. The van der Waals surface area contributed by atoms with Crippen molar-refractivity contribution < 1.29 is 23.5 Å². The molecule has 0 radical (unpaired) electrons. The maximum atomic E-state index is 15.0. The predicted octanol–water partition coefficient (Wildman–Crippen LogP) is 3.95. The molecule has 1 atom stereocenters. The first-order valence-corrected chi connectivity index (χ1v) is 11.0. The first-order valence-electron chi connectivity index (χ1n) is 11.0. The fourth-order valence-corrected chi connectivity index (χ4v) is 5.22. The van der Waals surface area contributed by atoms with Crippen molar-refractivity contribution >= 4 is 23.5 Å². The molecule has 0 bridgehead atoms. The lowest BCUT2D eigenvalue weighted by molar-refractivity contribution is -0.140. The van der Waals surface area contributed by atoms with Crippen LogP contribution in [-0.4, -0.2) is 37.0 Å². The molecule has 7 heteroatoms. The van der Waals surface area contributed by atoms with Crippen molar-refractivity contribution in [3.63, 3.8) is 0 Å². The van der Waals surface area contributed by atoms with E-state index in [0.29, 0.717) is 24.0 Å². The fourth-order valence-electron chi connectivity index (χ4n) is 5.22. The molecule has 4 rings (SSSR count). The van der Waals surface area contributed by atoms with Crippen molar-refractivity contribution in [1.29, 1.82) is 0 Å². The molecule has 32 heavy (non-hydrogen) atoms. The monoisotopic (exact) mass is 438 g/mol. The molecule has 1 unspecified atom stereocenters. The quantitative estimate of drug-likeness (QED) is 0.718. The van der Waals surface area contributed by atoms with Crippen LogP contribution in [0.2, 0.25) is 0 Å². The van der Waals surface area contributed by atoms with Gasteiger partial charge in [-0.25, -0.2) is 4.39 Å². The smallest absolute Gasteiger partial charge is 0.307 e. The van der Waals surface area contributed by atoms with Gasteiger partial charge in [0.05, 0.1) is 30.7 Å². The van der Waals surface area contributed by atoms with E-state index in [2.05, 4.69) is 10.1 Å². The molecule has 1 fully saturated rings. The molecule has 0 saturated heterocycles. The lowest BCUT2D eigenvalue weighted by Gasteiger charge is -2.53. The number of nitrogens with one attached hydrogen (secondary N) is 1. The number of halogens is 1. The molecule has 0 aromatic heterocycles. The minimum Gasteiger partial charge on any atom is -0.469 e. The number of rotatable bonds is 5. The number of carbonyl (C=O) groups is 3. The topological polar surface area (TPSA) is 75.7 Å². The standard InChI is InChI=1S/C25H27FN2O4/c1-32-21(29)13-16-27-23(30)22-17-9-3-4-10-18(17)24(31)28(20-12-6-5-11-19(20)26)25(22)14-7-2-8-15-25/h3-6,9-12,22H,2,7-8,13-16H2,1H3,(H,27,30). The van der Waals surface area contributed by atoms with Crippen LogP contribution in [-0.2, 0) is 14.3 Å². The van der Waals surface area contributed by atoms with Crippen LogP contribution in [0.5, 0.6) is 0 Å². The van der Waals surface area contributed by atoms with Gasteiger partial charge < -0.3 is 10.1 Å². The number of hydrogen-bond donors (Lipinski definition) is 1. The largest absolute Gasteiger partial charge is 0.469 e. The number of esters is 1. The summed E-state index contributed by atoms with van der Waals surface area (Å²) in [5, 5.41) is 2.86. The summed E-state index contributed by atoms with van der Waals surface area (Å²) in [6.45, 7) is 0.133. The molecule has 1 N–H and O–H groups in total. The van der Waals surface area contributed by atoms with E-state index in [1.54, 1.807) is 30.3 Å². The van der Waals surface area contributed by atoms with Gasteiger partial charge in [-0.1, -0.05) is 49.6 Å². The number of methoxy groups -OCH3 is 1. The van der Waals surface area contributed by atoms with Gasteiger partial charge in [0, 0.05) is 12.1 Å². The second kappa shape index (κ2) is 9.10. The molecule has 2 aromatic carbocycles. The highest BCUT2D eigenvalue weighted by Crippen LogP contribution is 2.51. The minimum atomic E-state index is -0.874. The van der Waals surface area contributed by atoms with Crippen molar-refractivity contribution in [1.82, 2.24) is 5.32 Å². The number of para-hydroxylation sites is 1. The van der Waals surface area contributed by atoms with Crippen molar-refractivity contribution in [2.75, 3.05) is 18.6 Å². The molecule has 1 spiro atoms. The van der Waals surface area contributed by atoms with Crippen LogP contribution in [0.25, 0.3) is 0 Å². The average Bonchev–Trinajstić information content (AvgIpc) is 2.81. The summed E-state index contributed by atoms with van der Waals surface area (Å²) >= 11 is 0. The first kappa shape index (κ1) is 22.0. The van der Waals surface area contributed by atoms with Crippen molar-refractivity contribution in [2.45, 2.75) is 50.0 Å². The van der Waals surface area contributed by atoms with Crippen LogP contribution >= 0.6 is 0 Å². The van der Waals surface area contributed by atoms with Crippen LogP contribution in [0.1, 0.15) is 60.4 Å². The van der Waals surface area contributed by atoms with Gasteiger partial charge in [-0.2, -0.15) is 0 Å². The Morgan fingerprint density at radius 1 is 1.09 bits per heavy atom. The van der Waals surface area contributed by atoms with E-state index >= 15 is 0 Å². The van der Waals surface area contributed by atoms with E-state index in [4.69, 9.17) is 0 Å². The van der Waals surface area contributed by atoms with Crippen molar-refractivity contribution in [3.05, 3.63) is 65.5 Å². The summed E-state index contributed by atoms with van der Waals surface area (Å²) in [6, 6.07) is 13.3. The number of benzene rings is 2. The number of anilines is 1. The summed E-state index contributed by atoms with van der Waals surface area (Å²) in [6.07, 6.45) is 3.92. The molecule has 1 saturated carbocycles. The van der Waals surface area contributed by atoms with E-state index in [0.717, 1.165) is 19.3 Å². The molecule has 1 aliphatic carbocycles. The second-order valence-corrected chi connectivity index (χ2v) is 8.39. The summed E-state index contributed by atoms with van der Waals surface area (Å²) in [5.41, 5.74) is 0.380. The zero-order chi connectivity index (χ0) is 22.7. The number of nitrogens with zero attached hydrogens (tertiary/aromatic N) is 1.